The van der Waals surface area contributed by atoms with Crippen molar-refractivity contribution in [3.8, 4) is 11.3 Å². The second kappa shape index (κ2) is 7.33. The maximum absolute atomic E-state index is 14.2. The number of hydrogen-bond acceptors (Lipinski definition) is 3. The Morgan fingerprint density at radius 2 is 1.71 bits per heavy atom. The third-order valence-electron chi connectivity index (χ3n) is 7.74. The van der Waals surface area contributed by atoms with Crippen LogP contribution in [0.25, 0.3) is 44.1 Å². The van der Waals surface area contributed by atoms with Crippen LogP contribution < -0.4 is 0 Å². The van der Waals surface area contributed by atoms with Gasteiger partial charge in [-0.3, -0.25) is 4.98 Å². The molecule has 0 spiro atoms. The van der Waals surface area contributed by atoms with E-state index in [9.17, 15) is 8.78 Å². The molecule has 1 atom stereocenters. The standard InChI is InChI=1S/C30H26F2N2O/c1-16-12-24-22-9-6-17(2)33-29(22)35-28(24)25(13-16)27-21-5-3-4-20(19-10-11-30(31,32)15-19)23(21)14-26(34-27)18-7-8-18/h3-6,9,12-14,18-19H,7-8,10-11,15H2,1-2H3. The van der Waals surface area contributed by atoms with Gasteiger partial charge in [-0.2, -0.15) is 0 Å². The van der Waals surface area contributed by atoms with E-state index >= 15 is 0 Å². The summed E-state index contributed by atoms with van der Waals surface area (Å²) in [6.45, 7) is 4.05. The van der Waals surface area contributed by atoms with Crippen LogP contribution in [0.1, 0.15) is 66.5 Å². The Balaban J connectivity index is 1.52. The van der Waals surface area contributed by atoms with E-state index in [0.29, 0.717) is 18.1 Å². The van der Waals surface area contributed by atoms with Gasteiger partial charge in [0.2, 0.25) is 11.6 Å². The van der Waals surface area contributed by atoms with Gasteiger partial charge in [0.1, 0.15) is 5.58 Å². The Kier molecular flexibility index (Phi) is 4.39. The second-order valence-corrected chi connectivity index (χ2v) is 10.5. The number of rotatable bonds is 3. The number of alkyl halides is 2. The summed E-state index contributed by atoms with van der Waals surface area (Å²) >= 11 is 0. The molecule has 3 aromatic heterocycles. The smallest absolute Gasteiger partial charge is 0.248 e. The summed E-state index contributed by atoms with van der Waals surface area (Å²) in [5.74, 6) is -2.27. The van der Waals surface area contributed by atoms with Crippen molar-refractivity contribution in [3.63, 3.8) is 0 Å². The number of furan rings is 1. The Morgan fingerprint density at radius 3 is 2.49 bits per heavy atom. The zero-order valence-electron chi connectivity index (χ0n) is 19.9. The molecule has 5 heteroatoms. The number of halogens is 2. The summed E-state index contributed by atoms with van der Waals surface area (Å²) in [6, 6.07) is 16.6. The van der Waals surface area contributed by atoms with E-state index in [2.05, 4.69) is 42.2 Å². The van der Waals surface area contributed by atoms with Gasteiger partial charge in [0.05, 0.1) is 5.69 Å². The number of benzene rings is 2. The molecule has 2 saturated carbocycles. The van der Waals surface area contributed by atoms with E-state index in [1.165, 1.54) is 0 Å². The van der Waals surface area contributed by atoms with Crippen molar-refractivity contribution in [3.05, 3.63) is 71.0 Å². The molecule has 0 bridgehead atoms. The fourth-order valence-electron chi connectivity index (χ4n) is 5.86. The maximum Gasteiger partial charge on any atom is 0.248 e. The molecule has 35 heavy (non-hydrogen) atoms. The highest BCUT2D eigenvalue weighted by atomic mass is 19.3. The normalized spacial score (nSPS) is 19.8. The summed E-state index contributed by atoms with van der Waals surface area (Å²) < 4.78 is 34.7. The average molecular weight is 469 g/mol. The van der Waals surface area contributed by atoms with Gasteiger partial charge in [-0.15, -0.1) is 0 Å². The molecule has 3 nitrogen and oxygen atoms in total. The fraction of sp³-hybridized carbons (Fsp3) is 0.333. The van der Waals surface area contributed by atoms with Gasteiger partial charge >= 0.3 is 0 Å². The van der Waals surface area contributed by atoms with Gasteiger partial charge < -0.3 is 4.42 Å². The van der Waals surface area contributed by atoms with Crippen molar-refractivity contribution in [2.45, 2.75) is 63.7 Å². The third-order valence-corrected chi connectivity index (χ3v) is 7.74. The molecule has 0 saturated heterocycles. The van der Waals surface area contributed by atoms with Crippen molar-refractivity contribution < 1.29 is 13.2 Å². The zero-order valence-corrected chi connectivity index (χ0v) is 19.9. The van der Waals surface area contributed by atoms with E-state index in [-0.39, 0.29) is 18.8 Å². The highest BCUT2D eigenvalue weighted by molar-refractivity contribution is 6.11. The van der Waals surface area contributed by atoms with Crippen LogP contribution in [-0.2, 0) is 0 Å². The van der Waals surface area contributed by atoms with Crippen LogP contribution in [0.3, 0.4) is 0 Å². The van der Waals surface area contributed by atoms with Gasteiger partial charge in [-0.25, -0.2) is 13.8 Å². The van der Waals surface area contributed by atoms with Gasteiger partial charge in [-0.1, -0.05) is 18.2 Å². The van der Waals surface area contributed by atoms with Crippen LogP contribution in [0.2, 0.25) is 0 Å². The van der Waals surface area contributed by atoms with E-state index in [0.717, 1.165) is 73.7 Å². The fourth-order valence-corrected chi connectivity index (χ4v) is 5.86. The molecule has 2 aliphatic carbocycles. The molecule has 1 unspecified atom stereocenters. The quantitative estimate of drug-likeness (QED) is 0.266. The van der Waals surface area contributed by atoms with E-state index < -0.39 is 5.92 Å². The van der Waals surface area contributed by atoms with E-state index in [1.807, 2.05) is 25.1 Å². The molecule has 0 radical (unpaired) electrons. The van der Waals surface area contributed by atoms with Crippen LogP contribution in [0.4, 0.5) is 8.78 Å². The number of fused-ring (bicyclic) bond motifs is 4. The molecule has 2 aromatic carbocycles. The minimum atomic E-state index is -2.58. The van der Waals surface area contributed by atoms with Crippen LogP contribution in [-0.4, -0.2) is 15.9 Å². The molecule has 7 rings (SSSR count). The van der Waals surface area contributed by atoms with Crippen molar-refractivity contribution in [1.29, 1.82) is 0 Å². The molecule has 0 aliphatic heterocycles. The predicted molar refractivity (Wildman–Crippen MR) is 135 cm³/mol. The topological polar surface area (TPSA) is 38.9 Å². The molecular formula is C30H26F2N2O. The van der Waals surface area contributed by atoms with Crippen molar-refractivity contribution in [1.82, 2.24) is 9.97 Å². The summed E-state index contributed by atoms with van der Waals surface area (Å²) in [7, 11) is 0. The van der Waals surface area contributed by atoms with Crippen molar-refractivity contribution in [2.24, 2.45) is 0 Å². The lowest BCUT2D eigenvalue weighted by molar-refractivity contribution is 0.00780. The van der Waals surface area contributed by atoms with Gasteiger partial charge in [0.15, 0.2) is 0 Å². The molecule has 2 fully saturated rings. The number of hydrogen-bond donors (Lipinski definition) is 0. The first-order valence-corrected chi connectivity index (χ1v) is 12.5. The highest BCUT2D eigenvalue weighted by Crippen LogP contribution is 2.48. The predicted octanol–water partition coefficient (Wildman–Crippen LogP) is 8.59. The Bertz CT molecular complexity index is 1650. The van der Waals surface area contributed by atoms with Crippen LogP contribution in [0.5, 0.6) is 0 Å². The molecule has 0 N–H and O–H groups in total. The first-order chi connectivity index (χ1) is 16.9. The number of aromatic nitrogens is 2. The molecular weight excluding hydrogens is 442 g/mol. The molecule has 176 valence electrons. The second-order valence-electron chi connectivity index (χ2n) is 10.5. The summed E-state index contributed by atoms with van der Waals surface area (Å²) in [4.78, 5) is 9.80. The largest absolute Gasteiger partial charge is 0.437 e. The van der Waals surface area contributed by atoms with E-state index in [4.69, 9.17) is 9.40 Å². The van der Waals surface area contributed by atoms with Crippen LogP contribution in [0.15, 0.2) is 52.9 Å². The average Bonchev–Trinajstić information content (AvgIpc) is 3.53. The van der Waals surface area contributed by atoms with E-state index in [1.54, 1.807) is 0 Å². The van der Waals surface area contributed by atoms with Gasteiger partial charge in [0, 0.05) is 51.9 Å². The van der Waals surface area contributed by atoms with Crippen molar-refractivity contribution in [2.75, 3.05) is 0 Å². The Hall–Kier alpha value is -3.34. The molecule has 5 aromatic rings. The lowest BCUT2D eigenvalue weighted by Crippen LogP contribution is -2.09. The highest BCUT2D eigenvalue weighted by Gasteiger charge is 2.40. The minimum absolute atomic E-state index is 0.0363. The number of nitrogens with zero attached hydrogens (tertiary/aromatic N) is 2. The van der Waals surface area contributed by atoms with Crippen LogP contribution in [0, 0.1) is 13.8 Å². The SMILES string of the molecule is Cc1cc(-c2nc(C3CC3)cc3c(C4CCC(F)(F)C4)cccc23)c2oc3nc(C)ccc3c2c1. The van der Waals surface area contributed by atoms with Gasteiger partial charge in [0.25, 0.3) is 0 Å². The lowest BCUT2D eigenvalue weighted by Gasteiger charge is -2.17. The summed E-state index contributed by atoms with van der Waals surface area (Å²) in [5.41, 5.74) is 7.34. The Labute approximate surface area is 202 Å². The number of pyridine rings is 2. The first kappa shape index (κ1) is 21.0. The maximum atomic E-state index is 14.2. The Morgan fingerprint density at radius 1 is 0.857 bits per heavy atom. The molecule has 2 aliphatic rings. The summed E-state index contributed by atoms with van der Waals surface area (Å²) in [5, 5.41) is 4.08. The molecule has 3 heterocycles. The third kappa shape index (κ3) is 3.43. The molecule has 0 amide bonds. The lowest BCUT2D eigenvalue weighted by atomic mass is 9.90. The van der Waals surface area contributed by atoms with Gasteiger partial charge in [-0.05, 0) is 85.9 Å². The monoisotopic (exact) mass is 468 g/mol. The first-order valence-electron chi connectivity index (χ1n) is 12.5. The summed E-state index contributed by atoms with van der Waals surface area (Å²) in [6.07, 6.45) is 2.65. The van der Waals surface area contributed by atoms with Crippen molar-refractivity contribution >= 4 is 32.8 Å². The van der Waals surface area contributed by atoms with Crippen LogP contribution >= 0.6 is 0 Å². The minimum Gasteiger partial charge on any atom is -0.437 e. The number of aryl methyl sites for hydroxylation is 2. The zero-order chi connectivity index (χ0) is 23.9.